The van der Waals surface area contributed by atoms with Crippen molar-refractivity contribution in [3.8, 4) is 5.75 Å². The van der Waals surface area contributed by atoms with Gasteiger partial charge in [0, 0.05) is 11.1 Å². The van der Waals surface area contributed by atoms with E-state index in [1.54, 1.807) is 19.1 Å². The maximum Gasteiger partial charge on any atom is 0.261 e. The zero-order valence-electron chi connectivity index (χ0n) is 10.1. The van der Waals surface area contributed by atoms with Crippen molar-refractivity contribution < 1.29 is 13.5 Å². The van der Waals surface area contributed by atoms with Crippen LogP contribution in [0.2, 0.25) is 5.02 Å². The van der Waals surface area contributed by atoms with Gasteiger partial charge in [-0.1, -0.05) is 17.7 Å². The minimum atomic E-state index is -3.68. The van der Waals surface area contributed by atoms with E-state index in [1.807, 2.05) is 0 Å². The summed E-state index contributed by atoms with van der Waals surface area (Å²) in [5, 5.41) is 10.0. The monoisotopic (exact) mass is 297 g/mol. The molecule has 19 heavy (non-hydrogen) atoms. The molecule has 0 bridgehead atoms. The number of hydrogen-bond acceptors (Lipinski definition) is 3. The predicted molar refractivity (Wildman–Crippen MR) is 75.1 cm³/mol. The van der Waals surface area contributed by atoms with Crippen molar-refractivity contribution >= 4 is 27.3 Å². The second kappa shape index (κ2) is 5.11. The van der Waals surface area contributed by atoms with Crippen LogP contribution in [0.1, 0.15) is 5.56 Å². The van der Waals surface area contributed by atoms with Gasteiger partial charge in [0.1, 0.15) is 5.75 Å². The zero-order chi connectivity index (χ0) is 14.0. The van der Waals surface area contributed by atoms with Gasteiger partial charge < -0.3 is 5.11 Å². The summed E-state index contributed by atoms with van der Waals surface area (Å²) in [6.45, 7) is 1.73. The highest BCUT2D eigenvalue weighted by atomic mass is 35.5. The minimum absolute atomic E-state index is 0.0382. The second-order valence-corrected chi connectivity index (χ2v) is 6.18. The molecule has 0 spiro atoms. The first-order valence-corrected chi connectivity index (χ1v) is 7.32. The first kappa shape index (κ1) is 13.7. The quantitative estimate of drug-likeness (QED) is 0.914. The highest BCUT2D eigenvalue weighted by molar-refractivity contribution is 7.92. The first-order chi connectivity index (χ1) is 8.88. The molecule has 6 heteroatoms. The Morgan fingerprint density at radius 1 is 1.11 bits per heavy atom. The molecule has 0 amide bonds. The van der Waals surface area contributed by atoms with Crippen LogP contribution in [0.25, 0.3) is 0 Å². The van der Waals surface area contributed by atoms with E-state index < -0.39 is 10.0 Å². The third kappa shape index (κ3) is 3.19. The Kier molecular flexibility index (Phi) is 3.68. The van der Waals surface area contributed by atoms with Gasteiger partial charge in [0.05, 0.1) is 10.6 Å². The molecule has 100 valence electrons. The molecule has 0 saturated heterocycles. The van der Waals surface area contributed by atoms with Crippen molar-refractivity contribution in [3.05, 3.63) is 53.1 Å². The van der Waals surface area contributed by atoms with E-state index in [1.165, 1.54) is 30.3 Å². The summed E-state index contributed by atoms with van der Waals surface area (Å²) in [4.78, 5) is 0.108. The largest absolute Gasteiger partial charge is 0.508 e. The molecule has 0 radical (unpaired) electrons. The topological polar surface area (TPSA) is 66.4 Å². The molecule has 0 aromatic heterocycles. The fourth-order valence-corrected chi connectivity index (χ4v) is 2.68. The molecular formula is C13H12ClNO3S. The van der Waals surface area contributed by atoms with E-state index >= 15 is 0 Å². The van der Waals surface area contributed by atoms with Crippen molar-refractivity contribution in [1.29, 1.82) is 0 Å². The van der Waals surface area contributed by atoms with Crippen molar-refractivity contribution in [2.75, 3.05) is 4.72 Å². The fourth-order valence-electron chi connectivity index (χ4n) is 1.50. The van der Waals surface area contributed by atoms with Crippen molar-refractivity contribution in [3.63, 3.8) is 0 Å². The van der Waals surface area contributed by atoms with Crippen LogP contribution >= 0.6 is 11.6 Å². The van der Waals surface area contributed by atoms with Gasteiger partial charge in [0.25, 0.3) is 10.0 Å². The standard InChI is InChI=1S/C13H12ClNO3S/c1-9-2-5-11(8-13(9)16)15-19(17,18)12-6-3-10(14)4-7-12/h2-8,15-16H,1H3. The lowest BCUT2D eigenvalue weighted by molar-refractivity contribution is 0.471. The summed E-state index contributed by atoms with van der Waals surface area (Å²) in [5.41, 5.74) is 0.979. The second-order valence-electron chi connectivity index (χ2n) is 4.06. The number of sulfonamides is 1. The zero-order valence-corrected chi connectivity index (χ0v) is 11.7. The van der Waals surface area contributed by atoms with Gasteiger partial charge in [-0.3, -0.25) is 4.72 Å². The number of phenolic OH excluding ortho intramolecular Hbond substituents is 1. The average molecular weight is 298 g/mol. The minimum Gasteiger partial charge on any atom is -0.508 e. The molecule has 0 heterocycles. The van der Waals surface area contributed by atoms with Gasteiger partial charge in [0.15, 0.2) is 0 Å². The number of halogens is 1. The number of benzene rings is 2. The van der Waals surface area contributed by atoms with E-state index in [-0.39, 0.29) is 10.6 Å². The fraction of sp³-hybridized carbons (Fsp3) is 0.0769. The Balaban J connectivity index is 2.30. The van der Waals surface area contributed by atoms with E-state index in [9.17, 15) is 13.5 Å². The summed E-state index contributed by atoms with van der Waals surface area (Å²) in [6.07, 6.45) is 0. The van der Waals surface area contributed by atoms with Crippen LogP contribution in [0.15, 0.2) is 47.4 Å². The van der Waals surface area contributed by atoms with Crippen LogP contribution in [0.5, 0.6) is 5.75 Å². The summed E-state index contributed by atoms with van der Waals surface area (Å²) in [6, 6.07) is 10.4. The smallest absolute Gasteiger partial charge is 0.261 e. The lowest BCUT2D eigenvalue weighted by Crippen LogP contribution is -2.12. The van der Waals surface area contributed by atoms with E-state index in [0.717, 1.165) is 0 Å². The number of phenols is 1. The number of aromatic hydroxyl groups is 1. The summed E-state index contributed by atoms with van der Waals surface area (Å²) < 4.78 is 26.5. The average Bonchev–Trinajstić information content (AvgIpc) is 2.34. The van der Waals surface area contributed by atoms with Gasteiger partial charge in [-0.15, -0.1) is 0 Å². The molecule has 0 aliphatic carbocycles. The molecule has 0 atom stereocenters. The van der Waals surface area contributed by atoms with Gasteiger partial charge in [-0.05, 0) is 42.8 Å². The number of anilines is 1. The molecule has 0 saturated carbocycles. The molecule has 0 aliphatic rings. The molecule has 2 aromatic carbocycles. The molecule has 0 fully saturated rings. The van der Waals surface area contributed by atoms with Crippen LogP contribution in [0, 0.1) is 6.92 Å². The Morgan fingerprint density at radius 2 is 1.74 bits per heavy atom. The Hall–Kier alpha value is -1.72. The SMILES string of the molecule is Cc1ccc(NS(=O)(=O)c2ccc(Cl)cc2)cc1O. The number of hydrogen-bond donors (Lipinski definition) is 2. The lowest BCUT2D eigenvalue weighted by atomic mass is 10.2. The van der Waals surface area contributed by atoms with Crippen molar-refractivity contribution in [2.24, 2.45) is 0 Å². The molecule has 0 unspecified atom stereocenters. The summed E-state index contributed by atoms with van der Waals surface area (Å²) in [7, 11) is -3.68. The van der Waals surface area contributed by atoms with E-state index in [2.05, 4.69) is 4.72 Å². The Morgan fingerprint density at radius 3 is 2.32 bits per heavy atom. The van der Waals surface area contributed by atoms with Gasteiger partial charge in [-0.25, -0.2) is 8.42 Å². The van der Waals surface area contributed by atoms with Gasteiger partial charge in [-0.2, -0.15) is 0 Å². The number of aryl methyl sites for hydroxylation is 1. The van der Waals surface area contributed by atoms with Crippen LogP contribution in [-0.4, -0.2) is 13.5 Å². The van der Waals surface area contributed by atoms with Crippen LogP contribution in [-0.2, 0) is 10.0 Å². The highest BCUT2D eigenvalue weighted by Gasteiger charge is 2.14. The molecular weight excluding hydrogens is 286 g/mol. The maximum atomic E-state index is 12.1. The van der Waals surface area contributed by atoms with Crippen LogP contribution in [0.4, 0.5) is 5.69 Å². The first-order valence-electron chi connectivity index (χ1n) is 5.46. The summed E-state index contributed by atoms with van der Waals surface area (Å²) >= 11 is 5.71. The highest BCUT2D eigenvalue weighted by Crippen LogP contribution is 2.23. The van der Waals surface area contributed by atoms with Crippen molar-refractivity contribution in [1.82, 2.24) is 0 Å². The van der Waals surface area contributed by atoms with E-state index in [4.69, 9.17) is 11.6 Å². The third-order valence-corrected chi connectivity index (χ3v) is 4.23. The number of rotatable bonds is 3. The van der Waals surface area contributed by atoms with E-state index in [0.29, 0.717) is 16.3 Å². The molecule has 0 aliphatic heterocycles. The van der Waals surface area contributed by atoms with Crippen molar-refractivity contribution in [2.45, 2.75) is 11.8 Å². The Bertz CT molecular complexity index is 696. The normalized spacial score (nSPS) is 11.3. The molecule has 2 N–H and O–H groups in total. The molecule has 2 rings (SSSR count). The Labute approximate surface area is 116 Å². The summed E-state index contributed by atoms with van der Waals surface area (Å²) in [5.74, 6) is 0.0382. The van der Waals surface area contributed by atoms with Gasteiger partial charge in [0.2, 0.25) is 0 Å². The van der Waals surface area contributed by atoms with Crippen LogP contribution in [0.3, 0.4) is 0 Å². The lowest BCUT2D eigenvalue weighted by Gasteiger charge is -2.09. The molecule has 2 aromatic rings. The van der Waals surface area contributed by atoms with Gasteiger partial charge >= 0.3 is 0 Å². The maximum absolute atomic E-state index is 12.1. The van der Waals surface area contributed by atoms with Crippen LogP contribution < -0.4 is 4.72 Å². The molecule has 4 nitrogen and oxygen atoms in total. The number of nitrogens with one attached hydrogen (secondary N) is 1. The predicted octanol–water partition coefficient (Wildman–Crippen LogP) is 3.15. The third-order valence-electron chi connectivity index (χ3n) is 2.59.